The van der Waals surface area contributed by atoms with Crippen molar-refractivity contribution in [2.45, 2.75) is 13.5 Å². The summed E-state index contributed by atoms with van der Waals surface area (Å²) in [5.74, 6) is -2.34. The summed E-state index contributed by atoms with van der Waals surface area (Å²) in [5.41, 5.74) is 4.90. The predicted octanol–water partition coefficient (Wildman–Crippen LogP) is 3.92. The molecule has 0 radical (unpaired) electrons. The Morgan fingerprint density at radius 3 is 2.62 bits per heavy atom. The van der Waals surface area contributed by atoms with Gasteiger partial charge in [0.25, 0.3) is 5.91 Å². The van der Waals surface area contributed by atoms with Gasteiger partial charge >= 0.3 is 0 Å². The van der Waals surface area contributed by atoms with Crippen LogP contribution in [0.1, 0.15) is 22.2 Å². The van der Waals surface area contributed by atoms with Crippen molar-refractivity contribution in [3.63, 3.8) is 0 Å². The molecular weight excluding hydrogens is 318 g/mol. The average molecular weight is 331 g/mol. The fraction of sp³-hybridized carbons (Fsp3) is 0.214. The fourth-order valence-electron chi connectivity index (χ4n) is 1.85. The van der Waals surface area contributed by atoms with Crippen LogP contribution >= 0.6 is 22.9 Å². The van der Waals surface area contributed by atoms with Gasteiger partial charge in [-0.2, -0.15) is 0 Å². The Kier molecular flexibility index (Phi) is 4.80. The maximum absolute atomic E-state index is 13.8. The lowest BCUT2D eigenvalue weighted by Gasteiger charge is -2.20. The molecule has 0 spiro atoms. The van der Waals surface area contributed by atoms with Crippen LogP contribution in [0, 0.1) is 11.6 Å². The Labute approximate surface area is 129 Å². The van der Waals surface area contributed by atoms with E-state index < -0.39 is 17.5 Å². The number of hydrogen-bond donors (Lipinski definition) is 1. The molecular formula is C14H13ClF2N2OS. The molecule has 3 nitrogen and oxygen atoms in total. The Balaban J connectivity index is 2.26. The summed E-state index contributed by atoms with van der Waals surface area (Å²) in [6, 6.07) is 5.18. The van der Waals surface area contributed by atoms with Crippen LogP contribution < -0.4 is 5.73 Å². The largest absolute Gasteiger partial charge is 0.396 e. The van der Waals surface area contributed by atoms with Gasteiger partial charge in [-0.3, -0.25) is 4.79 Å². The number of benzene rings is 1. The average Bonchev–Trinajstić information content (AvgIpc) is 2.85. The highest BCUT2D eigenvalue weighted by atomic mass is 35.5. The molecule has 0 aliphatic heterocycles. The highest BCUT2D eigenvalue weighted by molar-refractivity contribution is 7.16. The second-order valence-electron chi connectivity index (χ2n) is 4.38. The van der Waals surface area contributed by atoms with Crippen LogP contribution in [-0.4, -0.2) is 17.4 Å². The molecule has 21 heavy (non-hydrogen) atoms. The third kappa shape index (κ3) is 3.51. The number of nitrogen functional groups attached to an aromatic ring is 1. The lowest BCUT2D eigenvalue weighted by Crippen LogP contribution is -2.30. The van der Waals surface area contributed by atoms with Gasteiger partial charge in [-0.25, -0.2) is 8.78 Å². The number of nitrogens with zero attached hydrogens (tertiary/aromatic N) is 1. The normalized spacial score (nSPS) is 10.7. The van der Waals surface area contributed by atoms with Crippen molar-refractivity contribution in [3.8, 4) is 0 Å². The molecule has 0 bridgehead atoms. The van der Waals surface area contributed by atoms with Crippen LogP contribution in [-0.2, 0) is 6.54 Å². The van der Waals surface area contributed by atoms with Gasteiger partial charge in [-0.1, -0.05) is 11.6 Å². The zero-order valence-corrected chi connectivity index (χ0v) is 12.8. The molecule has 112 valence electrons. The molecule has 0 aliphatic carbocycles. The van der Waals surface area contributed by atoms with Gasteiger partial charge in [-0.05, 0) is 25.1 Å². The van der Waals surface area contributed by atoms with E-state index in [9.17, 15) is 13.6 Å². The molecule has 0 fully saturated rings. The third-order valence-corrected chi connectivity index (χ3v) is 4.18. The van der Waals surface area contributed by atoms with Gasteiger partial charge in [-0.15, -0.1) is 11.3 Å². The minimum absolute atomic E-state index is 0.238. The van der Waals surface area contributed by atoms with Crippen LogP contribution in [0.25, 0.3) is 0 Å². The number of rotatable bonds is 4. The van der Waals surface area contributed by atoms with Gasteiger partial charge in [0.15, 0.2) is 0 Å². The first-order chi connectivity index (χ1) is 9.92. The first-order valence-corrected chi connectivity index (χ1v) is 7.39. The SMILES string of the molecule is CCN(Cc1ccc(Cl)s1)C(=O)c1cc(N)c(F)cc1F. The lowest BCUT2D eigenvalue weighted by molar-refractivity contribution is 0.0749. The first kappa shape index (κ1) is 15.7. The van der Waals surface area contributed by atoms with Crippen molar-refractivity contribution >= 4 is 34.5 Å². The van der Waals surface area contributed by atoms with Crippen LogP contribution in [0.15, 0.2) is 24.3 Å². The second kappa shape index (κ2) is 6.41. The third-order valence-electron chi connectivity index (χ3n) is 2.96. The lowest BCUT2D eigenvalue weighted by atomic mass is 10.1. The first-order valence-electron chi connectivity index (χ1n) is 6.20. The summed E-state index contributed by atoms with van der Waals surface area (Å²) in [7, 11) is 0. The van der Waals surface area contributed by atoms with Gasteiger partial charge in [0, 0.05) is 17.5 Å². The quantitative estimate of drug-likeness (QED) is 0.863. The molecule has 1 heterocycles. The van der Waals surface area contributed by atoms with Crippen molar-refractivity contribution in [1.29, 1.82) is 0 Å². The zero-order valence-electron chi connectivity index (χ0n) is 11.2. The predicted molar refractivity (Wildman–Crippen MR) is 80.5 cm³/mol. The molecule has 2 aromatic rings. The van der Waals surface area contributed by atoms with Gasteiger partial charge < -0.3 is 10.6 Å². The van der Waals surface area contributed by atoms with Crippen molar-refractivity contribution < 1.29 is 13.6 Å². The zero-order chi connectivity index (χ0) is 15.6. The maximum Gasteiger partial charge on any atom is 0.257 e. The van der Waals surface area contributed by atoms with E-state index in [2.05, 4.69) is 0 Å². The van der Waals surface area contributed by atoms with Crippen LogP contribution in [0.3, 0.4) is 0 Å². The van der Waals surface area contributed by atoms with E-state index in [0.717, 1.165) is 10.9 Å². The summed E-state index contributed by atoms with van der Waals surface area (Å²) in [4.78, 5) is 14.7. The number of nitrogens with two attached hydrogens (primary N) is 1. The summed E-state index contributed by atoms with van der Waals surface area (Å²) in [5, 5.41) is 0. The van der Waals surface area contributed by atoms with E-state index in [1.807, 2.05) is 0 Å². The molecule has 7 heteroatoms. The molecule has 0 aliphatic rings. The number of carbonyl (C=O) groups excluding carboxylic acids is 1. The molecule has 2 rings (SSSR count). The van der Waals surface area contributed by atoms with Gasteiger partial charge in [0.1, 0.15) is 11.6 Å². The Bertz CT molecular complexity index is 675. The van der Waals surface area contributed by atoms with Crippen LogP contribution in [0.4, 0.5) is 14.5 Å². The Morgan fingerprint density at radius 1 is 1.33 bits per heavy atom. The number of amides is 1. The molecule has 0 saturated carbocycles. The monoisotopic (exact) mass is 330 g/mol. The fourth-order valence-corrected chi connectivity index (χ4v) is 2.96. The molecule has 2 N–H and O–H groups in total. The summed E-state index contributed by atoms with van der Waals surface area (Å²) in [6.07, 6.45) is 0. The number of thiophene rings is 1. The molecule has 0 atom stereocenters. The molecule has 0 unspecified atom stereocenters. The molecule has 1 aromatic carbocycles. The van der Waals surface area contributed by atoms with E-state index in [0.29, 0.717) is 23.5 Å². The second-order valence-corrected chi connectivity index (χ2v) is 6.18. The minimum Gasteiger partial charge on any atom is -0.396 e. The van der Waals surface area contributed by atoms with Crippen molar-refractivity contribution in [3.05, 3.63) is 50.7 Å². The summed E-state index contributed by atoms with van der Waals surface area (Å²) < 4.78 is 27.5. The summed E-state index contributed by atoms with van der Waals surface area (Å²) >= 11 is 7.19. The summed E-state index contributed by atoms with van der Waals surface area (Å²) in [6.45, 7) is 2.46. The van der Waals surface area contributed by atoms with Crippen molar-refractivity contribution in [2.75, 3.05) is 12.3 Å². The highest BCUT2D eigenvalue weighted by Crippen LogP contribution is 2.24. The number of anilines is 1. The molecule has 1 amide bonds. The highest BCUT2D eigenvalue weighted by Gasteiger charge is 2.20. The van der Waals surface area contributed by atoms with E-state index in [-0.39, 0.29) is 11.3 Å². The topological polar surface area (TPSA) is 46.3 Å². The van der Waals surface area contributed by atoms with Crippen molar-refractivity contribution in [2.24, 2.45) is 0 Å². The van der Waals surface area contributed by atoms with Crippen LogP contribution in [0.5, 0.6) is 0 Å². The standard InChI is InChI=1S/C14H13ClF2N2OS/c1-2-19(7-8-3-4-13(15)21-8)14(20)9-5-12(18)11(17)6-10(9)16/h3-6H,2,7,18H2,1H3. The van der Waals surface area contributed by atoms with E-state index >= 15 is 0 Å². The van der Waals surface area contributed by atoms with E-state index in [1.54, 1.807) is 19.1 Å². The van der Waals surface area contributed by atoms with E-state index in [1.165, 1.54) is 16.2 Å². The number of halogens is 3. The number of carbonyl (C=O) groups is 1. The molecule has 0 saturated heterocycles. The number of hydrogen-bond acceptors (Lipinski definition) is 3. The van der Waals surface area contributed by atoms with Gasteiger partial charge in [0.05, 0.1) is 22.1 Å². The van der Waals surface area contributed by atoms with Crippen LogP contribution in [0.2, 0.25) is 4.34 Å². The Morgan fingerprint density at radius 2 is 2.05 bits per heavy atom. The van der Waals surface area contributed by atoms with Crippen molar-refractivity contribution in [1.82, 2.24) is 4.90 Å². The minimum atomic E-state index is -0.922. The van der Waals surface area contributed by atoms with Gasteiger partial charge in [0.2, 0.25) is 0 Å². The smallest absolute Gasteiger partial charge is 0.257 e. The maximum atomic E-state index is 13.8. The molecule has 1 aromatic heterocycles. The van der Waals surface area contributed by atoms with E-state index in [4.69, 9.17) is 17.3 Å². The Hall–Kier alpha value is -1.66.